The molecule has 31 heavy (non-hydrogen) atoms. The number of hydrogen-bond donors (Lipinski definition) is 1. The van der Waals surface area contributed by atoms with E-state index in [4.69, 9.17) is 9.72 Å². The first kappa shape index (κ1) is 20.0. The molecule has 2 aliphatic carbocycles. The smallest absolute Gasteiger partial charge is 0.414 e. The first-order valence-electron chi connectivity index (χ1n) is 10.8. The summed E-state index contributed by atoms with van der Waals surface area (Å²) < 4.78 is 18.8. The zero-order chi connectivity index (χ0) is 22.0. The van der Waals surface area contributed by atoms with Gasteiger partial charge in [0, 0.05) is 18.0 Å². The second kappa shape index (κ2) is 6.77. The number of aromatic nitrogens is 1. The number of carbonyl (C=O) groups excluding carboxylic acids is 2. The predicted octanol–water partition coefficient (Wildman–Crippen LogP) is 4.50. The van der Waals surface area contributed by atoms with Gasteiger partial charge in [-0.25, -0.2) is 9.18 Å². The number of nitrogens with one attached hydrogen (secondary N) is 1. The molecular weight excluding hydrogens is 397 g/mol. The molecule has 5 rings (SSSR count). The molecule has 1 aromatic heterocycles. The molecule has 2 fully saturated rings. The van der Waals surface area contributed by atoms with Crippen molar-refractivity contribution in [1.82, 2.24) is 10.3 Å². The van der Waals surface area contributed by atoms with Gasteiger partial charge in [-0.2, -0.15) is 0 Å². The van der Waals surface area contributed by atoms with E-state index in [0.29, 0.717) is 23.9 Å². The fraction of sp³-hybridized carbons (Fsp3) is 0.458. The predicted molar refractivity (Wildman–Crippen MR) is 113 cm³/mol. The minimum atomic E-state index is -0.562. The average molecular weight is 423 g/mol. The molecule has 0 radical (unpaired) electrons. The van der Waals surface area contributed by atoms with Crippen LogP contribution in [-0.2, 0) is 10.3 Å². The number of rotatable bonds is 3. The number of halogens is 1. The van der Waals surface area contributed by atoms with Crippen LogP contribution in [0.5, 0.6) is 0 Å². The number of pyridine rings is 1. The van der Waals surface area contributed by atoms with Crippen LogP contribution in [-0.4, -0.2) is 29.1 Å². The Morgan fingerprint density at radius 3 is 2.52 bits per heavy atom. The van der Waals surface area contributed by atoms with E-state index >= 15 is 0 Å². The third-order valence-electron chi connectivity index (χ3n) is 6.20. The number of benzene rings is 1. The minimum absolute atomic E-state index is 0.239. The monoisotopic (exact) mass is 423 g/mol. The van der Waals surface area contributed by atoms with Gasteiger partial charge in [-0.1, -0.05) is 0 Å². The molecule has 2 saturated carbocycles. The van der Waals surface area contributed by atoms with Gasteiger partial charge in [0.05, 0.1) is 22.6 Å². The molecule has 2 atom stereocenters. The topological polar surface area (TPSA) is 71.5 Å². The van der Waals surface area contributed by atoms with Crippen molar-refractivity contribution < 1.29 is 18.7 Å². The normalized spacial score (nSPS) is 22.8. The van der Waals surface area contributed by atoms with Crippen LogP contribution in [0.2, 0.25) is 0 Å². The first-order valence-corrected chi connectivity index (χ1v) is 10.8. The molecule has 162 valence electrons. The van der Waals surface area contributed by atoms with Gasteiger partial charge in [0.1, 0.15) is 11.4 Å². The van der Waals surface area contributed by atoms with E-state index in [1.807, 2.05) is 32.9 Å². The van der Waals surface area contributed by atoms with Crippen molar-refractivity contribution in [2.75, 3.05) is 11.4 Å². The van der Waals surface area contributed by atoms with Gasteiger partial charge in [0.25, 0.3) is 5.91 Å². The first-order chi connectivity index (χ1) is 14.7. The highest BCUT2D eigenvalue weighted by Crippen LogP contribution is 2.55. The van der Waals surface area contributed by atoms with Crippen molar-refractivity contribution in [2.45, 2.75) is 57.1 Å². The van der Waals surface area contributed by atoms with Crippen LogP contribution in [0.3, 0.4) is 0 Å². The summed E-state index contributed by atoms with van der Waals surface area (Å²) in [6.45, 7) is 6.23. The number of hydrogen-bond acceptors (Lipinski definition) is 4. The molecule has 1 aliphatic heterocycles. The zero-order valence-corrected chi connectivity index (χ0v) is 17.9. The molecule has 1 unspecified atom stereocenters. The highest BCUT2D eigenvalue weighted by atomic mass is 19.1. The Morgan fingerprint density at radius 1 is 1.16 bits per heavy atom. The number of fused-ring (bicyclic) bond motifs is 3. The van der Waals surface area contributed by atoms with Gasteiger partial charge in [0.15, 0.2) is 0 Å². The fourth-order valence-electron chi connectivity index (χ4n) is 4.30. The number of ether oxygens (including phenoxy) is 1. The molecule has 6 nitrogen and oxygen atoms in total. The van der Waals surface area contributed by atoms with Gasteiger partial charge in [-0.15, -0.1) is 0 Å². The Labute approximate surface area is 180 Å². The average Bonchev–Trinajstić information content (AvgIpc) is 3.61. The van der Waals surface area contributed by atoms with Crippen molar-refractivity contribution >= 4 is 17.7 Å². The van der Waals surface area contributed by atoms with E-state index in [1.54, 1.807) is 4.90 Å². The van der Waals surface area contributed by atoms with Gasteiger partial charge in [0.2, 0.25) is 0 Å². The Morgan fingerprint density at radius 2 is 1.87 bits per heavy atom. The van der Waals surface area contributed by atoms with Crippen molar-refractivity contribution in [3.8, 4) is 0 Å². The van der Waals surface area contributed by atoms with Crippen LogP contribution in [0.25, 0.3) is 0 Å². The van der Waals surface area contributed by atoms with Crippen LogP contribution < -0.4 is 10.2 Å². The zero-order valence-electron chi connectivity index (χ0n) is 17.9. The lowest BCUT2D eigenvalue weighted by atomic mass is 10.0. The van der Waals surface area contributed by atoms with E-state index in [2.05, 4.69) is 5.32 Å². The highest BCUT2D eigenvalue weighted by Gasteiger charge is 2.51. The number of nitrogens with zero attached hydrogens (tertiary/aromatic N) is 2. The summed E-state index contributed by atoms with van der Waals surface area (Å²) in [5.41, 5.74) is 1.90. The third kappa shape index (κ3) is 3.77. The fourth-order valence-corrected chi connectivity index (χ4v) is 4.30. The van der Waals surface area contributed by atoms with Crippen molar-refractivity contribution in [3.05, 3.63) is 59.2 Å². The third-order valence-corrected chi connectivity index (χ3v) is 6.20. The van der Waals surface area contributed by atoms with Gasteiger partial charge >= 0.3 is 6.09 Å². The molecule has 2 aromatic rings. The maximum Gasteiger partial charge on any atom is 0.414 e. The summed E-state index contributed by atoms with van der Waals surface area (Å²) in [5.74, 6) is 0.156. The summed E-state index contributed by atoms with van der Waals surface area (Å²) in [7, 11) is 0. The van der Waals surface area contributed by atoms with Gasteiger partial charge in [-0.3, -0.25) is 14.7 Å². The number of carbonyl (C=O) groups is 2. The SMILES string of the molecule is CC(C)(C)OC(=O)N1CC2C[C@@H]2c2nc(C3(NC(=O)c4ccc(F)cc4)CC3)ccc21. The van der Waals surface area contributed by atoms with Crippen molar-refractivity contribution in [2.24, 2.45) is 5.92 Å². The minimum Gasteiger partial charge on any atom is -0.443 e. The molecule has 2 heterocycles. The van der Waals surface area contributed by atoms with E-state index in [1.165, 1.54) is 24.3 Å². The van der Waals surface area contributed by atoms with Crippen LogP contribution in [0, 0.1) is 11.7 Å². The van der Waals surface area contributed by atoms with Crippen LogP contribution in [0.15, 0.2) is 36.4 Å². The second-order valence-electron chi connectivity index (χ2n) is 9.84. The molecule has 0 bridgehead atoms. The van der Waals surface area contributed by atoms with Gasteiger partial charge < -0.3 is 10.1 Å². The summed E-state index contributed by atoms with van der Waals surface area (Å²) in [6, 6.07) is 9.36. The molecule has 3 aliphatic rings. The lowest BCUT2D eigenvalue weighted by Crippen LogP contribution is -2.41. The number of amides is 2. The van der Waals surface area contributed by atoms with Crippen LogP contribution in [0.1, 0.15) is 67.7 Å². The van der Waals surface area contributed by atoms with Crippen LogP contribution in [0.4, 0.5) is 14.9 Å². The lowest BCUT2D eigenvalue weighted by Gasteiger charge is -2.31. The van der Waals surface area contributed by atoms with Gasteiger partial charge in [-0.05, 0) is 82.3 Å². The molecular formula is C24H26FN3O3. The Hall–Kier alpha value is -2.96. The van der Waals surface area contributed by atoms with E-state index < -0.39 is 11.1 Å². The largest absolute Gasteiger partial charge is 0.443 e. The van der Waals surface area contributed by atoms with Crippen molar-refractivity contribution in [1.29, 1.82) is 0 Å². The molecule has 1 N–H and O–H groups in total. The standard InChI is InChI=1S/C24H26FN3O3/c1-23(2,3)31-22(30)28-13-15-12-17(15)20-18(28)8-9-19(26-20)24(10-11-24)27-21(29)14-4-6-16(25)7-5-14/h4-9,15,17H,10-13H2,1-3H3,(H,27,29)/t15?,17-/m0/s1. The summed E-state index contributed by atoms with van der Waals surface area (Å²) in [5, 5.41) is 3.09. The second-order valence-corrected chi connectivity index (χ2v) is 9.84. The lowest BCUT2D eigenvalue weighted by molar-refractivity contribution is 0.0576. The molecule has 1 aromatic carbocycles. The Bertz CT molecular complexity index is 1060. The summed E-state index contributed by atoms with van der Waals surface area (Å²) in [6.07, 6.45) is 2.27. The molecule has 7 heteroatoms. The summed E-state index contributed by atoms with van der Waals surface area (Å²) in [4.78, 5) is 32.1. The van der Waals surface area contributed by atoms with E-state index in [0.717, 1.165) is 36.3 Å². The van der Waals surface area contributed by atoms with Crippen molar-refractivity contribution in [3.63, 3.8) is 0 Å². The van der Waals surface area contributed by atoms with E-state index in [9.17, 15) is 14.0 Å². The molecule has 0 saturated heterocycles. The highest BCUT2D eigenvalue weighted by molar-refractivity contribution is 5.95. The maximum atomic E-state index is 13.2. The summed E-state index contributed by atoms with van der Waals surface area (Å²) >= 11 is 0. The number of anilines is 1. The van der Waals surface area contributed by atoms with E-state index in [-0.39, 0.29) is 17.8 Å². The molecule has 2 amide bonds. The maximum absolute atomic E-state index is 13.2. The molecule has 0 spiro atoms. The Balaban J connectivity index is 1.40. The van der Waals surface area contributed by atoms with Crippen LogP contribution >= 0.6 is 0 Å². The Kier molecular flexibility index (Phi) is 4.36. The quantitative estimate of drug-likeness (QED) is 0.789.